The average Bonchev–Trinajstić information content (AvgIpc) is 2.82. The van der Waals surface area contributed by atoms with Crippen LogP contribution in [-0.2, 0) is 14.8 Å². The van der Waals surface area contributed by atoms with Crippen molar-refractivity contribution in [2.75, 3.05) is 16.2 Å². The minimum atomic E-state index is -4.03. The van der Waals surface area contributed by atoms with Gasteiger partial charge in [0.1, 0.15) is 6.54 Å². The van der Waals surface area contributed by atoms with Gasteiger partial charge in [-0.05, 0) is 74.7 Å². The van der Waals surface area contributed by atoms with Crippen LogP contribution in [0, 0.1) is 13.8 Å². The highest BCUT2D eigenvalue weighted by Gasteiger charge is 2.28. The van der Waals surface area contributed by atoms with Gasteiger partial charge in [0, 0.05) is 6.04 Å². The molecule has 7 nitrogen and oxygen atoms in total. The van der Waals surface area contributed by atoms with Crippen LogP contribution in [0.25, 0.3) is 0 Å². The second kappa shape index (κ2) is 11.2. The Labute approximate surface area is 207 Å². The van der Waals surface area contributed by atoms with Crippen LogP contribution in [0.5, 0.6) is 0 Å². The van der Waals surface area contributed by atoms with E-state index in [1.165, 1.54) is 12.1 Å². The first-order valence-electron chi connectivity index (χ1n) is 11.5. The number of hydrogen-bond acceptors (Lipinski definition) is 4. The van der Waals surface area contributed by atoms with Crippen molar-refractivity contribution in [3.63, 3.8) is 0 Å². The lowest BCUT2D eigenvalue weighted by molar-refractivity contribution is -0.114. The maximum absolute atomic E-state index is 13.6. The molecule has 0 saturated heterocycles. The molecule has 184 valence electrons. The van der Waals surface area contributed by atoms with E-state index >= 15 is 0 Å². The molecule has 0 aliphatic rings. The van der Waals surface area contributed by atoms with Gasteiger partial charge in [-0.1, -0.05) is 43.3 Å². The van der Waals surface area contributed by atoms with Gasteiger partial charge in [0.25, 0.3) is 15.9 Å². The molecule has 35 heavy (non-hydrogen) atoms. The van der Waals surface area contributed by atoms with Gasteiger partial charge in [0.15, 0.2) is 0 Å². The number of hydrogen-bond donors (Lipinski definition) is 2. The molecule has 0 bridgehead atoms. The quantitative estimate of drug-likeness (QED) is 0.453. The Kier molecular flexibility index (Phi) is 8.30. The van der Waals surface area contributed by atoms with E-state index in [-0.39, 0.29) is 16.8 Å². The zero-order valence-electron chi connectivity index (χ0n) is 20.4. The van der Waals surface area contributed by atoms with Crippen LogP contribution in [0.4, 0.5) is 11.4 Å². The number of carbonyl (C=O) groups excluding carboxylic acids is 2. The summed E-state index contributed by atoms with van der Waals surface area (Å²) in [6.45, 7) is 7.15. The molecule has 0 unspecified atom stereocenters. The van der Waals surface area contributed by atoms with Crippen molar-refractivity contribution in [2.24, 2.45) is 0 Å². The largest absolute Gasteiger partial charge is 0.350 e. The van der Waals surface area contributed by atoms with Crippen LogP contribution in [-0.4, -0.2) is 32.8 Å². The zero-order chi connectivity index (χ0) is 25.6. The molecule has 0 aliphatic heterocycles. The number of nitrogens with zero attached hydrogens (tertiary/aromatic N) is 1. The third kappa shape index (κ3) is 6.48. The SMILES string of the molecule is CC[C@H](C)NC(=O)c1ccccc1NC(=O)CN(c1cc(C)cc(C)c1)S(=O)(=O)c1ccccc1. The summed E-state index contributed by atoms with van der Waals surface area (Å²) in [5.74, 6) is -0.870. The van der Waals surface area contributed by atoms with Gasteiger partial charge < -0.3 is 10.6 Å². The molecule has 0 aromatic heterocycles. The Hall–Kier alpha value is -3.65. The van der Waals surface area contributed by atoms with Crippen molar-refractivity contribution in [1.82, 2.24) is 5.32 Å². The summed E-state index contributed by atoms with van der Waals surface area (Å²) < 4.78 is 28.2. The summed E-state index contributed by atoms with van der Waals surface area (Å²) >= 11 is 0. The fourth-order valence-electron chi connectivity index (χ4n) is 3.64. The number of carbonyl (C=O) groups is 2. The molecule has 0 heterocycles. The smallest absolute Gasteiger partial charge is 0.264 e. The molecule has 3 aromatic carbocycles. The van der Waals surface area contributed by atoms with Crippen molar-refractivity contribution in [1.29, 1.82) is 0 Å². The van der Waals surface area contributed by atoms with Crippen LogP contribution in [0.15, 0.2) is 77.7 Å². The van der Waals surface area contributed by atoms with Crippen LogP contribution in [0.3, 0.4) is 0 Å². The van der Waals surface area contributed by atoms with Crippen LogP contribution in [0.1, 0.15) is 41.8 Å². The number of sulfonamides is 1. The predicted octanol–water partition coefficient (Wildman–Crippen LogP) is 4.67. The van der Waals surface area contributed by atoms with Gasteiger partial charge >= 0.3 is 0 Å². The Morgan fingerprint density at radius 2 is 1.51 bits per heavy atom. The zero-order valence-corrected chi connectivity index (χ0v) is 21.2. The number of aryl methyl sites for hydroxylation is 2. The van der Waals surface area contributed by atoms with Gasteiger partial charge in [-0.25, -0.2) is 8.42 Å². The van der Waals surface area contributed by atoms with Gasteiger partial charge in [-0.3, -0.25) is 13.9 Å². The molecule has 0 fully saturated rings. The summed E-state index contributed by atoms with van der Waals surface area (Å²) in [6, 6.07) is 20.0. The Morgan fingerprint density at radius 1 is 0.914 bits per heavy atom. The third-order valence-corrected chi connectivity index (χ3v) is 7.34. The standard InChI is InChI=1S/C27H31N3O4S/c1-5-21(4)28-27(32)24-13-9-10-14-25(24)29-26(31)18-30(22-16-19(2)15-20(3)17-22)35(33,34)23-11-7-6-8-12-23/h6-17,21H,5,18H2,1-4H3,(H,28,32)(H,29,31)/t21-/m0/s1. The number of anilines is 2. The Balaban J connectivity index is 1.94. The molecular weight excluding hydrogens is 462 g/mol. The van der Waals surface area contributed by atoms with Crippen molar-refractivity contribution >= 4 is 33.2 Å². The summed E-state index contributed by atoms with van der Waals surface area (Å²) in [4.78, 5) is 25.9. The number of benzene rings is 3. The van der Waals surface area contributed by atoms with E-state index in [1.807, 2.05) is 33.8 Å². The number of amides is 2. The summed E-state index contributed by atoms with van der Waals surface area (Å²) in [7, 11) is -4.03. The number of rotatable bonds is 9. The summed E-state index contributed by atoms with van der Waals surface area (Å²) in [6.07, 6.45) is 0.766. The van der Waals surface area contributed by atoms with Crippen LogP contribution >= 0.6 is 0 Å². The molecule has 0 saturated carbocycles. The highest BCUT2D eigenvalue weighted by molar-refractivity contribution is 7.92. The van der Waals surface area contributed by atoms with E-state index in [4.69, 9.17) is 0 Å². The van der Waals surface area contributed by atoms with Crippen molar-refractivity contribution in [3.05, 3.63) is 89.5 Å². The molecule has 2 amide bonds. The molecule has 3 rings (SSSR count). The lowest BCUT2D eigenvalue weighted by Gasteiger charge is -2.25. The first-order chi connectivity index (χ1) is 16.6. The van der Waals surface area contributed by atoms with Crippen molar-refractivity contribution < 1.29 is 18.0 Å². The second-order valence-corrected chi connectivity index (χ2v) is 10.4. The maximum atomic E-state index is 13.6. The van der Waals surface area contributed by atoms with E-state index in [9.17, 15) is 18.0 Å². The third-order valence-electron chi connectivity index (χ3n) is 5.55. The van der Waals surface area contributed by atoms with E-state index in [2.05, 4.69) is 10.6 Å². The topological polar surface area (TPSA) is 95.6 Å². The van der Waals surface area contributed by atoms with Gasteiger partial charge in [0.05, 0.1) is 21.8 Å². The van der Waals surface area contributed by atoms with Crippen molar-refractivity contribution in [2.45, 2.75) is 45.1 Å². The van der Waals surface area contributed by atoms with Crippen LogP contribution in [0.2, 0.25) is 0 Å². The van der Waals surface area contributed by atoms with Gasteiger partial charge in [-0.2, -0.15) is 0 Å². The van der Waals surface area contributed by atoms with E-state index in [1.54, 1.807) is 54.6 Å². The molecule has 2 N–H and O–H groups in total. The minimum absolute atomic E-state index is 0.0256. The van der Waals surface area contributed by atoms with Gasteiger partial charge in [0.2, 0.25) is 5.91 Å². The molecule has 0 spiro atoms. The first-order valence-corrected chi connectivity index (χ1v) is 12.9. The van der Waals surface area contributed by atoms with E-state index < -0.39 is 22.5 Å². The molecule has 0 radical (unpaired) electrons. The molecular formula is C27H31N3O4S. The molecule has 8 heteroatoms. The van der Waals surface area contributed by atoms with Crippen molar-refractivity contribution in [3.8, 4) is 0 Å². The Morgan fingerprint density at radius 3 is 2.14 bits per heavy atom. The maximum Gasteiger partial charge on any atom is 0.264 e. The fourth-order valence-corrected chi connectivity index (χ4v) is 5.07. The van der Waals surface area contributed by atoms with Crippen LogP contribution < -0.4 is 14.9 Å². The highest BCUT2D eigenvalue weighted by atomic mass is 32.2. The summed E-state index contributed by atoms with van der Waals surface area (Å²) in [5.41, 5.74) is 2.77. The van der Waals surface area contributed by atoms with E-state index in [0.29, 0.717) is 16.9 Å². The first kappa shape index (κ1) is 26.0. The normalized spacial score (nSPS) is 12.0. The lowest BCUT2D eigenvalue weighted by atomic mass is 10.1. The predicted molar refractivity (Wildman–Crippen MR) is 139 cm³/mol. The number of nitrogens with one attached hydrogen (secondary N) is 2. The fraction of sp³-hybridized carbons (Fsp3) is 0.259. The summed E-state index contributed by atoms with van der Waals surface area (Å²) in [5, 5.41) is 5.62. The number of para-hydroxylation sites is 1. The highest BCUT2D eigenvalue weighted by Crippen LogP contribution is 2.26. The van der Waals surface area contributed by atoms with Gasteiger partial charge in [-0.15, -0.1) is 0 Å². The second-order valence-electron chi connectivity index (χ2n) is 8.55. The molecule has 3 aromatic rings. The minimum Gasteiger partial charge on any atom is -0.350 e. The lowest BCUT2D eigenvalue weighted by Crippen LogP contribution is -2.38. The monoisotopic (exact) mass is 493 g/mol. The average molecular weight is 494 g/mol. The molecule has 1 atom stereocenters. The molecule has 0 aliphatic carbocycles. The Bertz CT molecular complexity index is 1290. The van der Waals surface area contributed by atoms with E-state index in [0.717, 1.165) is 21.9 Å².